The average molecular weight is 436 g/mol. The summed E-state index contributed by atoms with van der Waals surface area (Å²) >= 11 is 0. The fraction of sp³-hybridized carbons (Fsp3) is 0.696. The molecule has 0 amide bonds. The molecule has 0 saturated carbocycles. The highest BCUT2D eigenvalue weighted by molar-refractivity contribution is 5.79. The number of benzene rings is 1. The van der Waals surface area contributed by atoms with E-state index in [1.807, 2.05) is 12.1 Å². The molecule has 0 radical (unpaired) electrons. The van der Waals surface area contributed by atoms with E-state index in [0.29, 0.717) is 13.2 Å². The summed E-state index contributed by atoms with van der Waals surface area (Å²) in [5.74, 6) is 1.74. The van der Waals surface area contributed by atoms with E-state index in [0.717, 1.165) is 89.3 Å². The molecule has 2 rings (SSSR count). The minimum absolute atomic E-state index is 0.611. The van der Waals surface area contributed by atoms with Crippen LogP contribution in [0.4, 0.5) is 0 Å². The van der Waals surface area contributed by atoms with Crippen LogP contribution in [0.25, 0.3) is 0 Å². The van der Waals surface area contributed by atoms with Crippen LogP contribution >= 0.6 is 0 Å². The lowest BCUT2D eigenvalue weighted by Gasteiger charge is -2.26. The molecule has 1 heterocycles. The Bertz CT molecular complexity index is 623. The first-order valence-electron chi connectivity index (χ1n) is 11.4. The molecule has 0 aliphatic carbocycles. The van der Waals surface area contributed by atoms with Crippen LogP contribution in [0, 0.1) is 0 Å². The van der Waals surface area contributed by atoms with Crippen LogP contribution in [0.1, 0.15) is 18.9 Å². The van der Waals surface area contributed by atoms with Crippen LogP contribution < -0.4 is 15.4 Å². The Morgan fingerprint density at radius 2 is 2.03 bits per heavy atom. The average Bonchev–Trinajstić information content (AvgIpc) is 2.79. The second-order valence-electron chi connectivity index (χ2n) is 7.72. The summed E-state index contributed by atoms with van der Waals surface area (Å²) in [5, 5.41) is 6.73. The fourth-order valence-corrected chi connectivity index (χ4v) is 3.32. The van der Waals surface area contributed by atoms with Crippen molar-refractivity contribution < 1.29 is 14.2 Å². The van der Waals surface area contributed by atoms with Gasteiger partial charge in [-0.1, -0.05) is 12.1 Å². The topological polar surface area (TPSA) is 70.6 Å². The van der Waals surface area contributed by atoms with E-state index in [-0.39, 0.29) is 0 Å². The molecule has 1 fully saturated rings. The van der Waals surface area contributed by atoms with Crippen molar-refractivity contribution in [2.75, 3.05) is 86.4 Å². The lowest BCUT2D eigenvalue weighted by molar-refractivity contribution is 0.0322. The van der Waals surface area contributed by atoms with Crippen molar-refractivity contribution in [1.82, 2.24) is 20.4 Å². The quantitative estimate of drug-likeness (QED) is 0.260. The van der Waals surface area contributed by atoms with Crippen molar-refractivity contribution in [3.05, 3.63) is 29.8 Å². The third-order valence-corrected chi connectivity index (χ3v) is 5.12. The molecule has 8 heteroatoms. The smallest absolute Gasteiger partial charge is 0.191 e. The Morgan fingerprint density at radius 1 is 1.19 bits per heavy atom. The summed E-state index contributed by atoms with van der Waals surface area (Å²) in [6.07, 6.45) is 1.05. The number of aliphatic imine (C=N–C) groups is 1. The van der Waals surface area contributed by atoms with E-state index in [1.165, 1.54) is 0 Å². The number of nitrogens with zero attached hydrogens (tertiary/aromatic N) is 3. The van der Waals surface area contributed by atoms with Gasteiger partial charge in [0.2, 0.25) is 0 Å². The molecule has 1 aromatic carbocycles. The van der Waals surface area contributed by atoms with Gasteiger partial charge in [-0.2, -0.15) is 0 Å². The van der Waals surface area contributed by atoms with Crippen molar-refractivity contribution in [2.45, 2.75) is 19.9 Å². The first-order valence-corrected chi connectivity index (χ1v) is 11.4. The summed E-state index contributed by atoms with van der Waals surface area (Å²) < 4.78 is 16.5. The molecule has 2 N–H and O–H groups in total. The number of ether oxygens (including phenoxy) is 3. The van der Waals surface area contributed by atoms with Gasteiger partial charge in [0.15, 0.2) is 5.96 Å². The number of guanidine groups is 1. The van der Waals surface area contributed by atoms with Gasteiger partial charge in [0.05, 0.1) is 19.8 Å². The van der Waals surface area contributed by atoms with Gasteiger partial charge >= 0.3 is 0 Å². The number of likely N-dealkylation sites (N-methyl/N-ethyl adjacent to an activating group) is 1. The second kappa shape index (κ2) is 15.9. The predicted octanol–water partition coefficient (Wildman–Crippen LogP) is 1.42. The van der Waals surface area contributed by atoms with E-state index in [1.54, 1.807) is 7.11 Å². The molecule has 0 atom stereocenters. The van der Waals surface area contributed by atoms with Crippen LogP contribution in [0.5, 0.6) is 5.75 Å². The zero-order valence-electron chi connectivity index (χ0n) is 19.6. The summed E-state index contributed by atoms with van der Waals surface area (Å²) in [6, 6.07) is 8.21. The summed E-state index contributed by atoms with van der Waals surface area (Å²) in [6.45, 7) is 12.4. The Labute approximate surface area is 187 Å². The fourth-order valence-electron chi connectivity index (χ4n) is 3.32. The van der Waals surface area contributed by atoms with Crippen LogP contribution in [0.15, 0.2) is 29.3 Å². The number of hydrogen-bond acceptors (Lipinski definition) is 6. The van der Waals surface area contributed by atoms with Crippen LogP contribution in [0.3, 0.4) is 0 Å². The van der Waals surface area contributed by atoms with Gasteiger partial charge in [-0.15, -0.1) is 0 Å². The molecule has 0 aromatic heterocycles. The summed E-state index contributed by atoms with van der Waals surface area (Å²) in [5.41, 5.74) is 1.14. The molecule has 31 heavy (non-hydrogen) atoms. The van der Waals surface area contributed by atoms with Crippen molar-refractivity contribution in [3.8, 4) is 5.75 Å². The highest BCUT2D eigenvalue weighted by Crippen LogP contribution is 2.14. The zero-order valence-corrected chi connectivity index (χ0v) is 19.6. The molecule has 1 saturated heterocycles. The lowest BCUT2D eigenvalue weighted by atomic mass is 10.2. The highest BCUT2D eigenvalue weighted by Gasteiger charge is 2.09. The number of morpholine rings is 1. The lowest BCUT2D eigenvalue weighted by Crippen LogP contribution is -2.41. The summed E-state index contributed by atoms with van der Waals surface area (Å²) in [7, 11) is 3.87. The minimum Gasteiger partial charge on any atom is -0.492 e. The normalized spacial score (nSPS) is 15.3. The van der Waals surface area contributed by atoms with Crippen molar-refractivity contribution >= 4 is 5.96 Å². The van der Waals surface area contributed by atoms with Crippen molar-refractivity contribution in [3.63, 3.8) is 0 Å². The largest absolute Gasteiger partial charge is 0.492 e. The molecular formula is C23H41N5O3. The third kappa shape index (κ3) is 11.4. The van der Waals surface area contributed by atoms with Gasteiger partial charge in [-0.3, -0.25) is 4.90 Å². The van der Waals surface area contributed by atoms with Gasteiger partial charge in [0.1, 0.15) is 12.4 Å². The molecule has 0 bridgehead atoms. The van der Waals surface area contributed by atoms with E-state index in [4.69, 9.17) is 19.2 Å². The highest BCUT2D eigenvalue weighted by atomic mass is 16.5. The van der Waals surface area contributed by atoms with Crippen molar-refractivity contribution in [1.29, 1.82) is 0 Å². The Morgan fingerprint density at radius 3 is 2.81 bits per heavy atom. The number of rotatable bonds is 14. The number of hydrogen-bond donors (Lipinski definition) is 2. The third-order valence-electron chi connectivity index (χ3n) is 5.12. The van der Waals surface area contributed by atoms with E-state index >= 15 is 0 Å². The zero-order chi connectivity index (χ0) is 22.2. The maximum absolute atomic E-state index is 5.96. The van der Waals surface area contributed by atoms with Gasteiger partial charge in [-0.25, -0.2) is 4.99 Å². The van der Waals surface area contributed by atoms with E-state index < -0.39 is 0 Å². The van der Waals surface area contributed by atoms with Gasteiger partial charge < -0.3 is 29.7 Å². The van der Waals surface area contributed by atoms with E-state index in [9.17, 15) is 0 Å². The van der Waals surface area contributed by atoms with Gasteiger partial charge in [0, 0.05) is 59.5 Å². The first-order chi connectivity index (χ1) is 15.2. The van der Waals surface area contributed by atoms with Gasteiger partial charge in [-0.05, 0) is 38.1 Å². The SMILES string of the molecule is CCNC(=NCc1cccc(OCCN2CCOCC2)c1)NCCN(C)CCCOC. The molecule has 1 aliphatic rings. The molecule has 1 aromatic rings. The standard InChI is InChI=1S/C23H41N5O3/c1-4-24-23(25-9-11-27(2)10-6-15-29-3)26-20-21-7-5-8-22(19-21)31-18-14-28-12-16-30-17-13-28/h5,7-8,19H,4,6,9-18,20H2,1-3H3,(H2,24,25,26). The second-order valence-corrected chi connectivity index (χ2v) is 7.72. The molecular weight excluding hydrogens is 394 g/mol. The first kappa shape index (κ1) is 25.4. The molecule has 8 nitrogen and oxygen atoms in total. The number of methoxy groups -OCH3 is 1. The van der Waals surface area contributed by atoms with Crippen LogP contribution in [-0.2, 0) is 16.0 Å². The molecule has 0 spiro atoms. The van der Waals surface area contributed by atoms with Crippen LogP contribution in [-0.4, -0.2) is 102 Å². The molecule has 0 unspecified atom stereocenters. The Kier molecular flexibility index (Phi) is 13.0. The van der Waals surface area contributed by atoms with Gasteiger partial charge in [0.25, 0.3) is 0 Å². The maximum atomic E-state index is 5.96. The monoisotopic (exact) mass is 435 g/mol. The Hall–Kier alpha value is -1.87. The Balaban J connectivity index is 1.74. The molecule has 176 valence electrons. The predicted molar refractivity (Wildman–Crippen MR) is 126 cm³/mol. The van der Waals surface area contributed by atoms with Crippen LogP contribution in [0.2, 0.25) is 0 Å². The van der Waals surface area contributed by atoms with Crippen molar-refractivity contribution in [2.24, 2.45) is 4.99 Å². The van der Waals surface area contributed by atoms with E-state index in [2.05, 4.69) is 46.5 Å². The molecule has 1 aliphatic heterocycles. The summed E-state index contributed by atoms with van der Waals surface area (Å²) in [4.78, 5) is 9.40. The maximum Gasteiger partial charge on any atom is 0.191 e. The number of nitrogens with one attached hydrogen (secondary N) is 2. The minimum atomic E-state index is 0.611.